The summed E-state index contributed by atoms with van der Waals surface area (Å²) in [5.74, 6) is 0.914. The van der Waals surface area contributed by atoms with Gasteiger partial charge in [-0.05, 0) is 30.9 Å². The Morgan fingerprint density at radius 2 is 1.91 bits per heavy atom. The highest BCUT2D eigenvalue weighted by atomic mass is 16.1. The molecule has 0 radical (unpaired) electrons. The monoisotopic (exact) mass is 312 g/mol. The lowest BCUT2D eigenvalue weighted by Crippen LogP contribution is -2.24. The van der Waals surface area contributed by atoms with Gasteiger partial charge >= 0.3 is 0 Å². The molecule has 23 heavy (non-hydrogen) atoms. The summed E-state index contributed by atoms with van der Waals surface area (Å²) in [6.07, 6.45) is 2.64. The fourth-order valence-electron chi connectivity index (χ4n) is 2.02. The molecule has 1 aromatic heterocycles. The predicted molar refractivity (Wildman–Crippen MR) is 92.3 cm³/mol. The highest BCUT2D eigenvalue weighted by Crippen LogP contribution is 2.05. The molecule has 0 fully saturated rings. The summed E-state index contributed by atoms with van der Waals surface area (Å²) in [5, 5.41) is 6.03. The molecule has 0 saturated heterocycles. The van der Waals surface area contributed by atoms with Gasteiger partial charge in [0.15, 0.2) is 0 Å². The number of benzene rings is 1. The van der Waals surface area contributed by atoms with Gasteiger partial charge in [0.1, 0.15) is 5.69 Å². The van der Waals surface area contributed by atoms with Gasteiger partial charge in [-0.25, -0.2) is 9.97 Å². The molecule has 0 aliphatic carbocycles. The first-order chi connectivity index (χ1) is 11.0. The summed E-state index contributed by atoms with van der Waals surface area (Å²) in [7, 11) is 0. The summed E-state index contributed by atoms with van der Waals surface area (Å²) in [6.45, 7) is 7.65. The van der Waals surface area contributed by atoms with Gasteiger partial charge in [-0.15, -0.1) is 0 Å². The number of amides is 1. The van der Waals surface area contributed by atoms with Crippen molar-refractivity contribution in [2.45, 2.75) is 33.7 Å². The summed E-state index contributed by atoms with van der Waals surface area (Å²) < 4.78 is 0. The fourth-order valence-corrected chi connectivity index (χ4v) is 2.02. The molecule has 2 rings (SSSR count). The Bertz CT molecular complexity index is 638. The third-order valence-electron chi connectivity index (χ3n) is 3.47. The van der Waals surface area contributed by atoms with E-state index in [9.17, 15) is 4.79 Å². The lowest BCUT2D eigenvalue weighted by molar-refractivity contribution is 0.0946. The Labute approximate surface area is 137 Å². The third-order valence-corrected chi connectivity index (χ3v) is 3.47. The van der Waals surface area contributed by atoms with Crippen LogP contribution < -0.4 is 10.6 Å². The van der Waals surface area contributed by atoms with Crippen molar-refractivity contribution < 1.29 is 4.79 Å². The van der Waals surface area contributed by atoms with E-state index in [0.29, 0.717) is 24.1 Å². The van der Waals surface area contributed by atoms with Crippen molar-refractivity contribution in [3.63, 3.8) is 0 Å². The van der Waals surface area contributed by atoms with Crippen LogP contribution in [0.25, 0.3) is 0 Å². The van der Waals surface area contributed by atoms with Gasteiger partial charge in [0.05, 0.1) is 0 Å². The highest BCUT2D eigenvalue weighted by molar-refractivity contribution is 5.92. The molecular weight excluding hydrogens is 288 g/mol. The number of aryl methyl sites for hydroxylation is 1. The molecule has 0 saturated carbocycles. The van der Waals surface area contributed by atoms with Crippen LogP contribution in [-0.2, 0) is 6.54 Å². The number of nitrogens with one attached hydrogen (secondary N) is 2. The normalized spacial score (nSPS) is 10.6. The number of hydrogen-bond donors (Lipinski definition) is 2. The number of rotatable bonds is 7. The Hall–Kier alpha value is -2.43. The number of carbonyl (C=O) groups is 1. The molecule has 5 heteroatoms. The topological polar surface area (TPSA) is 66.9 Å². The van der Waals surface area contributed by atoms with Crippen LogP contribution in [0.4, 0.5) is 5.95 Å². The average molecular weight is 312 g/mol. The van der Waals surface area contributed by atoms with Crippen LogP contribution in [0.15, 0.2) is 36.5 Å². The number of aromatic nitrogens is 2. The number of hydrogen-bond acceptors (Lipinski definition) is 4. The minimum Gasteiger partial charge on any atom is -0.354 e. The van der Waals surface area contributed by atoms with Crippen molar-refractivity contribution in [1.29, 1.82) is 0 Å². The lowest BCUT2D eigenvalue weighted by Gasteiger charge is -2.08. The summed E-state index contributed by atoms with van der Waals surface area (Å²) in [5.41, 5.74) is 2.64. The van der Waals surface area contributed by atoms with Crippen LogP contribution in [-0.4, -0.2) is 22.4 Å². The first-order valence-electron chi connectivity index (χ1n) is 7.95. The van der Waals surface area contributed by atoms with Crippen molar-refractivity contribution in [2.24, 2.45) is 5.92 Å². The van der Waals surface area contributed by atoms with Gasteiger partial charge in [-0.1, -0.05) is 43.7 Å². The van der Waals surface area contributed by atoms with Gasteiger partial charge in [-0.3, -0.25) is 4.79 Å². The van der Waals surface area contributed by atoms with Gasteiger partial charge in [0, 0.05) is 19.3 Å². The maximum Gasteiger partial charge on any atom is 0.270 e. The van der Waals surface area contributed by atoms with Gasteiger partial charge < -0.3 is 10.6 Å². The van der Waals surface area contributed by atoms with E-state index < -0.39 is 0 Å². The molecular formula is C18H24N4O. The van der Waals surface area contributed by atoms with E-state index in [1.807, 2.05) is 31.2 Å². The summed E-state index contributed by atoms with van der Waals surface area (Å²) in [6, 6.07) is 9.70. The predicted octanol–water partition coefficient (Wildman–Crippen LogP) is 3.17. The Kier molecular flexibility index (Phi) is 6.09. The molecule has 0 spiro atoms. The summed E-state index contributed by atoms with van der Waals surface area (Å²) >= 11 is 0. The molecule has 5 nitrogen and oxygen atoms in total. The fraction of sp³-hybridized carbons (Fsp3) is 0.389. The maximum absolute atomic E-state index is 12.2. The van der Waals surface area contributed by atoms with Crippen LogP contribution >= 0.6 is 0 Å². The van der Waals surface area contributed by atoms with Gasteiger partial charge in [0.2, 0.25) is 5.95 Å². The molecule has 0 unspecified atom stereocenters. The van der Waals surface area contributed by atoms with Crippen molar-refractivity contribution in [3.8, 4) is 0 Å². The minimum atomic E-state index is -0.195. The molecule has 0 atom stereocenters. The van der Waals surface area contributed by atoms with Crippen molar-refractivity contribution in [2.75, 3.05) is 11.9 Å². The SMILES string of the molecule is Cc1ccc(CNC(=O)c2ccnc(NCCC(C)C)n2)cc1. The largest absolute Gasteiger partial charge is 0.354 e. The minimum absolute atomic E-state index is 0.195. The quantitative estimate of drug-likeness (QED) is 0.824. The number of nitrogens with zero attached hydrogens (tertiary/aromatic N) is 2. The molecule has 2 N–H and O–H groups in total. The zero-order valence-electron chi connectivity index (χ0n) is 14.0. The molecule has 1 heterocycles. The average Bonchev–Trinajstić information content (AvgIpc) is 2.54. The molecule has 1 aromatic carbocycles. The first-order valence-corrected chi connectivity index (χ1v) is 7.95. The first kappa shape index (κ1) is 16.9. The smallest absolute Gasteiger partial charge is 0.270 e. The second-order valence-corrected chi connectivity index (χ2v) is 6.04. The van der Waals surface area contributed by atoms with E-state index in [0.717, 1.165) is 18.5 Å². The molecule has 0 aliphatic heterocycles. The summed E-state index contributed by atoms with van der Waals surface area (Å²) in [4.78, 5) is 20.6. The van der Waals surface area contributed by atoms with Crippen molar-refractivity contribution in [1.82, 2.24) is 15.3 Å². The number of anilines is 1. The van der Waals surface area contributed by atoms with Crippen LogP contribution in [0, 0.1) is 12.8 Å². The van der Waals surface area contributed by atoms with E-state index in [-0.39, 0.29) is 5.91 Å². The van der Waals surface area contributed by atoms with Crippen LogP contribution in [0.1, 0.15) is 41.9 Å². The molecule has 0 bridgehead atoms. The van der Waals surface area contributed by atoms with E-state index >= 15 is 0 Å². The molecule has 0 aliphatic rings. The van der Waals surface area contributed by atoms with E-state index in [1.54, 1.807) is 12.3 Å². The lowest BCUT2D eigenvalue weighted by atomic mass is 10.1. The second-order valence-electron chi connectivity index (χ2n) is 6.04. The van der Waals surface area contributed by atoms with Gasteiger partial charge in [-0.2, -0.15) is 0 Å². The zero-order chi connectivity index (χ0) is 16.7. The van der Waals surface area contributed by atoms with E-state index in [1.165, 1.54) is 5.56 Å². The Balaban J connectivity index is 1.90. The van der Waals surface area contributed by atoms with Crippen molar-refractivity contribution >= 4 is 11.9 Å². The number of carbonyl (C=O) groups excluding carboxylic acids is 1. The molecule has 1 amide bonds. The standard InChI is InChI=1S/C18H24N4O/c1-13(2)8-10-19-18-20-11-9-16(22-18)17(23)21-12-15-6-4-14(3)5-7-15/h4-7,9,11,13H,8,10,12H2,1-3H3,(H,21,23)(H,19,20,22). The third kappa shape index (κ3) is 5.70. The van der Waals surface area contributed by atoms with Crippen molar-refractivity contribution in [3.05, 3.63) is 53.3 Å². The van der Waals surface area contributed by atoms with E-state index in [2.05, 4.69) is 34.4 Å². The van der Waals surface area contributed by atoms with Crippen LogP contribution in [0.5, 0.6) is 0 Å². The Morgan fingerprint density at radius 1 is 1.17 bits per heavy atom. The van der Waals surface area contributed by atoms with E-state index in [4.69, 9.17) is 0 Å². The highest BCUT2D eigenvalue weighted by Gasteiger charge is 2.08. The Morgan fingerprint density at radius 3 is 2.61 bits per heavy atom. The maximum atomic E-state index is 12.2. The second kappa shape index (κ2) is 8.27. The van der Waals surface area contributed by atoms with Crippen LogP contribution in [0.3, 0.4) is 0 Å². The van der Waals surface area contributed by atoms with Gasteiger partial charge in [0.25, 0.3) is 5.91 Å². The molecule has 2 aromatic rings. The van der Waals surface area contributed by atoms with Crippen LogP contribution in [0.2, 0.25) is 0 Å². The molecule has 122 valence electrons. The zero-order valence-corrected chi connectivity index (χ0v) is 14.0.